The van der Waals surface area contributed by atoms with Gasteiger partial charge in [-0.2, -0.15) is 0 Å². The van der Waals surface area contributed by atoms with Gasteiger partial charge >= 0.3 is 0 Å². The molecule has 3 aliphatic rings. The molecule has 183 valence electrons. The Labute approximate surface area is 197 Å². The lowest BCUT2D eigenvalue weighted by molar-refractivity contribution is -0.140. The number of benzene rings is 1. The fourth-order valence-electron chi connectivity index (χ4n) is 5.96. The van der Waals surface area contributed by atoms with Crippen LogP contribution in [0.25, 0.3) is 0 Å². The third-order valence-corrected chi connectivity index (χ3v) is 7.95. The van der Waals surface area contributed by atoms with Crippen LogP contribution in [0.4, 0.5) is 8.78 Å². The molecule has 0 spiro atoms. The summed E-state index contributed by atoms with van der Waals surface area (Å²) in [7, 11) is 0. The largest absolute Gasteiger partial charge is 0.337 e. The van der Waals surface area contributed by atoms with Crippen molar-refractivity contribution in [2.24, 2.45) is 11.7 Å². The lowest BCUT2D eigenvalue weighted by atomic mass is 9.86. The third-order valence-electron chi connectivity index (χ3n) is 7.95. The number of nitrogens with two attached hydrogens (primary N) is 1. The Morgan fingerprint density at radius 3 is 2.48 bits per heavy atom. The van der Waals surface area contributed by atoms with Gasteiger partial charge in [-0.25, -0.2) is 8.78 Å². The topological polar surface area (TPSA) is 52.8 Å². The molecule has 1 aliphatic carbocycles. The van der Waals surface area contributed by atoms with E-state index >= 15 is 0 Å². The molecule has 1 aromatic rings. The van der Waals surface area contributed by atoms with Crippen LogP contribution in [0.5, 0.6) is 0 Å². The Bertz CT molecular complexity index is 857. The van der Waals surface area contributed by atoms with E-state index in [1.807, 2.05) is 4.90 Å². The van der Waals surface area contributed by atoms with Gasteiger partial charge in [-0.3, -0.25) is 14.6 Å². The van der Waals surface area contributed by atoms with Crippen LogP contribution in [0.1, 0.15) is 64.9 Å². The molecule has 4 atom stereocenters. The summed E-state index contributed by atoms with van der Waals surface area (Å²) >= 11 is 0. The Balaban J connectivity index is 1.52. The molecular weight excluding hydrogens is 422 g/mol. The van der Waals surface area contributed by atoms with Gasteiger partial charge in [0, 0.05) is 62.3 Å². The Morgan fingerprint density at radius 2 is 1.85 bits per heavy atom. The van der Waals surface area contributed by atoms with Crippen molar-refractivity contribution in [3.8, 4) is 0 Å². The van der Waals surface area contributed by atoms with Crippen molar-refractivity contribution in [2.75, 3.05) is 32.7 Å². The number of carbonyl (C=O) groups is 1. The van der Waals surface area contributed by atoms with Crippen molar-refractivity contribution in [3.05, 3.63) is 41.4 Å². The van der Waals surface area contributed by atoms with E-state index in [4.69, 9.17) is 5.73 Å². The standard InChI is InChI=1S/C26H39F2N4O/c1-17-14-30(24-8-6-5-7-23(24)29)11-12-32(17)25(33)21-16-31(26(2,3)4)15-20(21)19-10-9-18(27)13-22(19)28/h9-10,13,17,20-21,24H,5-8,11-12,14-16,29H2,1-4H3/t17-,20-,21+,24?/m0/s1. The summed E-state index contributed by atoms with van der Waals surface area (Å²) in [5, 5.41) is 0. The Morgan fingerprint density at radius 1 is 1.09 bits per heavy atom. The molecule has 1 unspecified atom stereocenters. The van der Waals surface area contributed by atoms with Crippen molar-refractivity contribution in [1.29, 1.82) is 0 Å². The normalized spacial score (nSPS) is 30.7. The smallest absolute Gasteiger partial charge is 0.227 e. The number of carbonyl (C=O) groups excluding carboxylic acids is 1. The van der Waals surface area contributed by atoms with Crippen molar-refractivity contribution in [1.82, 2.24) is 14.7 Å². The van der Waals surface area contributed by atoms with Crippen LogP contribution in [0.2, 0.25) is 0 Å². The summed E-state index contributed by atoms with van der Waals surface area (Å²) in [6.45, 7) is 11.9. The average molecular weight is 462 g/mol. The lowest BCUT2D eigenvalue weighted by Crippen LogP contribution is -2.59. The average Bonchev–Trinajstić information content (AvgIpc) is 3.19. The van der Waals surface area contributed by atoms with Gasteiger partial charge in [-0.05, 0) is 52.2 Å². The highest BCUT2D eigenvalue weighted by molar-refractivity contribution is 5.81. The predicted octanol–water partition coefficient (Wildman–Crippen LogP) is 3.74. The second kappa shape index (κ2) is 9.59. The molecule has 1 aromatic carbocycles. The summed E-state index contributed by atoms with van der Waals surface area (Å²) in [6, 6.07) is 5.22. The van der Waals surface area contributed by atoms with E-state index in [1.54, 1.807) is 0 Å². The molecule has 1 saturated carbocycles. The van der Waals surface area contributed by atoms with E-state index in [0.717, 1.165) is 38.0 Å². The first-order valence-corrected chi connectivity index (χ1v) is 12.4. The zero-order valence-electron chi connectivity index (χ0n) is 20.5. The molecule has 2 heterocycles. The summed E-state index contributed by atoms with van der Waals surface area (Å²) in [4.78, 5) is 20.5. The first-order chi connectivity index (χ1) is 15.6. The van der Waals surface area contributed by atoms with Crippen molar-refractivity contribution in [3.63, 3.8) is 0 Å². The van der Waals surface area contributed by atoms with E-state index in [2.05, 4.69) is 37.5 Å². The zero-order chi connectivity index (χ0) is 23.9. The first-order valence-electron chi connectivity index (χ1n) is 12.4. The van der Waals surface area contributed by atoms with Gasteiger partial charge in [-0.1, -0.05) is 18.9 Å². The molecule has 2 aliphatic heterocycles. The quantitative estimate of drug-likeness (QED) is 0.745. The maximum absolute atomic E-state index is 14.8. The fraction of sp³-hybridized carbons (Fsp3) is 0.692. The van der Waals surface area contributed by atoms with Crippen LogP contribution in [0, 0.1) is 23.6 Å². The summed E-state index contributed by atoms with van der Waals surface area (Å²) in [5.74, 6) is -1.69. The second-order valence-corrected chi connectivity index (χ2v) is 11.2. The number of rotatable bonds is 3. The minimum absolute atomic E-state index is 0.0726. The van der Waals surface area contributed by atoms with E-state index in [1.165, 1.54) is 25.0 Å². The monoisotopic (exact) mass is 461 g/mol. The molecule has 1 amide bonds. The molecule has 0 aromatic heterocycles. The van der Waals surface area contributed by atoms with Gasteiger partial charge in [0.2, 0.25) is 5.91 Å². The highest BCUT2D eigenvalue weighted by atomic mass is 19.1. The maximum Gasteiger partial charge on any atom is 0.227 e. The van der Waals surface area contributed by atoms with Gasteiger partial charge < -0.3 is 10.6 Å². The zero-order valence-corrected chi connectivity index (χ0v) is 20.5. The van der Waals surface area contributed by atoms with Crippen LogP contribution < -0.4 is 5.73 Å². The van der Waals surface area contributed by atoms with Crippen LogP contribution in [0.3, 0.4) is 0 Å². The van der Waals surface area contributed by atoms with Crippen LogP contribution in [-0.4, -0.2) is 71.0 Å². The van der Waals surface area contributed by atoms with Gasteiger partial charge in [0.25, 0.3) is 0 Å². The lowest BCUT2D eigenvalue weighted by Gasteiger charge is -2.46. The van der Waals surface area contributed by atoms with E-state index in [9.17, 15) is 13.6 Å². The first kappa shape index (κ1) is 24.6. The number of hydrogen-bond donors (Lipinski definition) is 1. The fourth-order valence-corrected chi connectivity index (χ4v) is 5.96. The molecule has 5 nitrogen and oxygen atoms in total. The Hall–Kier alpha value is -1.57. The van der Waals surface area contributed by atoms with Crippen molar-refractivity contribution in [2.45, 2.75) is 76.9 Å². The van der Waals surface area contributed by atoms with Crippen LogP contribution >= 0.6 is 0 Å². The highest BCUT2D eigenvalue weighted by Gasteiger charge is 2.46. The molecule has 1 radical (unpaired) electrons. The number of likely N-dealkylation sites (tertiary alicyclic amines) is 1. The van der Waals surface area contributed by atoms with Gasteiger partial charge in [0.1, 0.15) is 11.6 Å². The molecular formula is C26H39F2N4O. The number of piperazine rings is 1. The summed E-state index contributed by atoms with van der Waals surface area (Å²) in [6.07, 6.45) is 4.47. The van der Waals surface area contributed by atoms with Crippen LogP contribution in [-0.2, 0) is 4.79 Å². The molecule has 0 bridgehead atoms. The van der Waals surface area contributed by atoms with Crippen molar-refractivity contribution >= 4 is 5.91 Å². The molecule has 4 rings (SSSR count). The predicted molar refractivity (Wildman–Crippen MR) is 126 cm³/mol. The maximum atomic E-state index is 14.8. The second-order valence-electron chi connectivity index (χ2n) is 11.2. The van der Waals surface area contributed by atoms with E-state index in [0.29, 0.717) is 31.2 Å². The SMILES string of the molecule is C[C@H]1CN(C2CCCC[C]2N)CCN1C(=O)[C@@H]1CN(C(C)(C)C)C[C@H]1c1ccc(F)cc1F. The molecule has 3 fully saturated rings. The Kier molecular flexibility index (Phi) is 7.13. The summed E-state index contributed by atoms with van der Waals surface area (Å²) in [5.41, 5.74) is 6.64. The van der Waals surface area contributed by atoms with Gasteiger partial charge in [0.05, 0.1) is 12.0 Å². The van der Waals surface area contributed by atoms with Crippen LogP contribution in [0.15, 0.2) is 18.2 Å². The van der Waals surface area contributed by atoms with Gasteiger partial charge in [0.15, 0.2) is 0 Å². The van der Waals surface area contributed by atoms with E-state index in [-0.39, 0.29) is 29.3 Å². The van der Waals surface area contributed by atoms with E-state index < -0.39 is 11.6 Å². The molecule has 7 heteroatoms. The molecule has 2 saturated heterocycles. The number of amides is 1. The minimum Gasteiger partial charge on any atom is -0.337 e. The number of hydrogen-bond acceptors (Lipinski definition) is 4. The minimum atomic E-state index is -0.590. The summed E-state index contributed by atoms with van der Waals surface area (Å²) < 4.78 is 28.3. The molecule has 33 heavy (non-hydrogen) atoms. The van der Waals surface area contributed by atoms with Crippen molar-refractivity contribution < 1.29 is 13.6 Å². The van der Waals surface area contributed by atoms with Gasteiger partial charge in [-0.15, -0.1) is 0 Å². The molecule has 2 N–H and O–H groups in total. The highest BCUT2D eigenvalue weighted by Crippen LogP contribution is 2.39. The number of nitrogens with zero attached hydrogens (tertiary/aromatic N) is 3. The third kappa shape index (κ3) is 5.10. The number of halogens is 2.